The number of hydrogen-bond donors (Lipinski definition) is 1. The Hall–Kier alpha value is 0.174. The van der Waals surface area contributed by atoms with Crippen molar-refractivity contribution in [2.45, 2.75) is 25.2 Å². The van der Waals surface area contributed by atoms with Gasteiger partial charge < -0.3 is 35.5 Å². The normalized spacial score (nSPS) is 16.5. The molecule has 0 saturated carbocycles. The molecule has 2 atom stereocenters. The first-order valence-electron chi connectivity index (χ1n) is 14.7. The Morgan fingerprint density at radius 2 is 1.62 bits per heavy atom. The number of fused-ring (bicyclic) bond motifs is 6. The molecule has 2 unspecified atom stereocenters. The predicted octanol–water partition coefficient (Wildman–Crippen LogP) is 0.703. The van der Waals surface area contributed by atoms with Crippen molar-refractivity contribution in [3.05, 3.63) is 117 Å². The van der Waals surface area contributed by atoms with Crippen molar-refractivity contribution in [1.29, 1.82) is 0 Å². The molecule has 2 aliphatic heterocycles. The van der Waals surface area contributed by atoms with Crippen molar-refractivity contribution >= 4 is 60.9 Å². The van der Waals surface area contributed by atoms with Gasteiger partial charge >= 0.3 is 138 Å². The number of aliphatic hydroxyl groups is 1. The fraction of sp³-hybridized carbons (Fsp3) is 0.194. The Morgan fingerprint density at radius 1 is 0.938 bits per heavy atom. The van der Waals surface area contributed by atoms with Crippen molar-refractivity contribution < 1.29 is 173 Å². The molecule has 5 aromatic rings. The van der Waals surface area contributed by atoms with Gasteiger partial charge in [-0.15, -0.1) is 0 Å². The van der Waals surface area contributed by atoms with Crippen LogP contribution in [0.1, 0.15) is 18.1 Å². The number of hydrogen-bond acceptors (Lipinski definition) is 7. The Labute approximate surface area is 415 Å². The smallest absolute Gasteiger partial charge is 1.00 e. The fourth-order valence-corrected chi connectivity index (χ4v) is 6.31. The van der Waals surface area contributed by atoms with Gasteiger partial charge in [0.25, 0.3) is 6.47 Å². The average Bonchev–Trinajstić information content (AvgIpc) is 3.69. The summed E-state index contributed by atoms with van der Waals surface area (Å²) in [4.78, 5) is 11.2. The van der Waals surface area contributed by atoms with Gasteiger partial charge in [-0.25, -0.2) is 0 Å². The first-order chi connectivity index (χ1) is 22.4. The van der Waals surface area contributed by atoms with E-state index in [1.54, 1.807) is 0 Å². The van der Waals surface area contributed by atoms with Gasteiger partial charge in [0.1, 0.15) is 36.9 Å². The Kier molecular flexibility index (Phi) is 16.9. The standard InChI is InChI=1S/C18H15BrO2.C17H14BrNO2.CH2O3.2Cs.H/c19-15-5-6-18(21-11-16-10-20-16)17(9-15)14-7-12-3-1-2-4-13(12)8-14;18-12-5-6-17-14(8-12)16-7-11-3-1-2-4-15(11)19(16)9-13(20)10-21-17;2-1-4-3;;;/h1-7,9,16H,8,10-11H2;1-8,13,20H,9-10H2;1,3H;;;/q;;;2*+1;-1/p-1. The molecule has 4 aromatic carbocycles. The van der Waals surface area contributed by atoms with Crippen LogP contribution < -0.4 is 153 Å². The molecule has 3 aliphatic rings. The van der Waals surface area contributed by atoms with E-state index in [0.29, 0.717) is 19.8 Å². The van der Waals surface area contributed by atoms with Crippen LogP contribution in [-0.2, 0) is 27.4 Å². The number of benzene rings is 4. The third-order valence-electron chi connectivity index (χ3n) is 7.77. The molecule has 1 fully saturated rings. The predicted molar refractivity (Wildman–Crippen MR) is 182 cm³/mol. The maximum atomic E-state index is 10.2. The molecule has 0 radical (unpaired) electrons. The quantitative estimate of drug-likeness (QED) is 0.120. The summed E-state index contributed by atoms with van der Waals surface area (Å²) >= 11 is 7.09. The van der Waals surface area contributed by atoms with Gasteiger partial charge in [-0.2, -0.15) is 0 Å². The van der Waals surface area contributed by atoms with Gasteiger partial charge in [0.05, 0.1) is 18.8 Å². The van der Waals surface area contributed by atoms with Crippen LogP contribution in [0.5, 0.6) is 11.5 Å². The third kappa shape index (κ3) is 10.6. The number of aliphatic hydroxyl groups excluding tert-OH is 1. The maximum Gasteiger partial charge on any atom is 1.00 e. The topological polar surface area (TPSA) is 106 Å². The monoisotopic (exact) mass is 1010 g/mol. The minimum absolute atomic E-state index is 0. The number of aromatic nitrogens is 1. The molecular weight excluding hydrogens is 984 g/mol. The Bertz CT molecular complexity index is 1900. The van der Waals surface area contributed by atoms with E-state index in [1.807, 2.05) is 36.4 Å². The molecule has 1 aromatic heterocycles. The molecule has 8 nitrogen and oxygen atoms in total. The van der Waals surface area contributed by atoms with E-state index < -0.39 is 6.10 Å². The van der Waals surface area contributed by atoms with E-state index in [2.05, 4.69) is 102 Å². The molecule has 1 aliphatic carbocycles. The molecule has 48 heavy (non-hydrogen) atoms. The number of rotatable bonds is 5. The molecule has 238 valence electrons. The summed E-state index contributed by atoms with van der Waals surface area (Å²) in [6.07, 6.45) is 2.98. The first-order valence-corrected chi connectivity index (χ1v) is 16.3. The van der Waals surface area contributed by atoms with Gasteiger partial charge in [-0.3, -0.25) is 4.79 Å². The van der Waals surface area contributed by atoms with Crippen LogP contribution in [0.15, 0.2) is 99.9 Å². The van der Waals surface area contributed by atoms with Crippen LogP contribution in [-0.4, -0.2) is 48.2 Å². The molecule has 0 bridgehead atoms. The number of epoxide rings is 1. The zero-order valence-corrected chi connectivity index (χ0v) is 42.3. The van der Waals surface area contributed by atoms with Crippen LogP contribution in [0, 0.1) is 0 Å². The molecule has 12 heteroatoms. The number of halogens is 2. The SMILES string of the molecule is Brc1ccc(OCC2CO2)c(C2=Cc3ccccc3C2)c1.O=CO[O-].OC1COc2ccc(Br)cc2-c2cc3ccccc3n2C1.[Cs+].[Cs+].[H-]. The van der Waals surface area contributed by atoms with E-state index >= 15 is 0 Å². The molecule has 8 rings (SSSR count). The van der Waals surface area contributed by atoms with Crippen molar-refractivity contribution in [3.8, 4) is 22.8 Å². The Balaban J connectivity index is 0.000000227. The van der Waals surface area contributed by atoms with Gasteiger partial charge in [-0.05, 0) is 71.7 Å². The Morgan fingerprint density at radius 3 is 2.35 bits per heavy atom. The van der Waals surface area contributed by atoms with Crippen LogP contribution >= 0.6 is 31.9 Å². The van der Waals surface area contributed by atoms with Crippen LogP contribution in [0.4, 0.5) is 0 Å². The summed E-state index contributed by atoms with van der Waals surface area (Å²) in [5.74, 6) is 1.74. The van der Waals surface area contributed by atoms with E-state index in [9.17, 15) is 5.11 Å². The summed E-state index contributed by atoms with van der Waals surface area (Å²) in [6, 6.07) is 31.1. The second-order valence-electron chi connectivity index (χ2n) is 10.9. The minimum atomic E-state index is -0.517. The average molecular weight is 1020 g/mol. The number of carbonyl (C=O) groups excluding carboxylic acids is 1. The van der Waals surface area contributed by atoms with Crippen molar-refractivity contribution in [1.82, 2.24) is 4.57 Å². The zero-order valence-electron chi connectivity index (χ0n) is 27.6. The molecule has 1 saturated heterocycles. The van der Waals surface area contributed by atoms with E-state index in [1.165, 1.54) is 27.6 Å². The van der Waals surface area contributed by atoms with Gasteiger partial charge in [0.2, 0.25) is 0 Å². The first kappa shape index (κ1) is 40.9. The zero-order chi connectivity index (χ0) is 32.0. The molecular formula is C36H31Br2Cs2NO7. The van der Waals surface area contributed by atoms with Gasteiger partial charge in [-0.1, -0.05) is 80.4 Å². The van der Waals surface area contributed by atoms with E-state index in [-0.39, 0.29) is 152 Å². The number of ether oxygens (including phenoxy) is 3. The summed E-state index contributed by atoms with van der Waals surface area (Å²) < 4.78 is 21.2. The summed E-state index contributed by atoms with van der Waals surface area (Å²) in [6.45, 7) is 2.12. The second-order valence-corrected chi connectivity index (χ2v) is 12.8. The third-order valence-corrected chi connectivity index (χ3v) is 8.76. The van der Waals surface area contributed by atoms with Gasteiger partial charge in [0.15, 0.2) is 0 Å². The maximum absolute atomic E-state index is 10.2. The molecule has 1 N–H and O–H groups in total. The van der Waals surface area contributed by atoms with Crippen LogP contribution in [0.25, 0.3) is 33.8 Å². The molecule has 0 amide bonds. The number of allylic oxidation sites excluding steroid dienone is 1. The largest absolute Gasteiger partial charge is 1.00 e. The summed E-state index contributed by atoms with van der Waals surface area (Å²) in [5.41, 5.74) is 8.43. The summed E-state index contributed by atoms with van der Waals surface area (Å²) in [5, 5.41) is 19.8. The van der Waals surface area contributed by atoms with E-state index in [4.69, 9.17) is 24.3 Å². The number of carbonyl (C=O) groups is 1. The van der Waals surface area contributed by atoms with Crippen LogP contribution in [0.2, 0.25) is 0 Å². The van der Waals surface area contributed by atoms with Crippen LogP contribution in [0.3, 0.4) is 0 Å². The number of para-hydroxylation sites is 1. The van der Waals surface area contributed by atoms with Crippen molar-refractivity contribution in [2.24, 2.45) is 0 Å². The van der Waals surface area contributed by atoms with Gasteiger partial charge in [0, 0.05) is 31.0 Å². The fourth-order valence-electron chi connectivity index (χ4n) is 5.59. The summed E-state index contributed by atoms with van der Waals surface area (Å²) in [7, 11) is 0. The molecule has 0 spiro atoms. The van der Waals surface area contributed by atoms with Crippen molar-refractivity contribution in [2.75, 3.05) is 19.8 Å². The van der Waals surface area contributed by atoms with Crippen molar-refractivity contribution in [3.63, 3.8) is 0 Å². The minimum Gasteiger partial charge on any atom is -1.00 e. The molecule has 3 heterocycles. The van der Waals surface area contributed by atoms with E-state index in [0.717, 1.165) is 50.2 Å². The number of nitrogens with zero attached hydrogens (tertiary/aromatic N) is 1. The second kappa shape index (κ2) is 19.9.